The van der Waals surface area contributed by atoms with E-state index in [1.54, 1.807) is 22.9 Å². The zero-order valence-electron chi connectivity index (χ0n) is 14.0. The van der Waals surface area contributed by atoms with Crippen LogP contribution in [0.2, 0.25) is 5.02 Å². The summed E-state index contributed by atoms with van der Waals surface area (Å²) in [4.78, 5) is 12.3. The molecule has 1 aromatic carbocycles. The number of tetrazole rings is 1. The van der Waals surface area contributed by atoms with Crippen LogP contribution in [0.5, 0.6) is 0 Å². The van der Waals surface area contributed by atoms with E-state index in [4.69, 9.17) is 17.3 Å². The SMILES string of the molecule is CC(C)(C)[C@H](N)C(=O)Nc1ccc(Cl)c(-n2nnnc2C2CC2)c1. The Hall–Kier alpha value is -1.99. The third-order valence-electron chi connectivity index (χ3n) is 4.09. The predicted molar refractivity (Wildman–Crippen MR) is 92.2 cm³/mol. The number of nitrogens with two attached hydrogens (primary N) is 1. The minimum Gasteiger partial charge on any atom is -0.325 e. The van der Waals surface area contributed by atoms with E-state index in [0.29, 0.717) is 22.3 Å². The molecule has 0 aliphatic heterocycles. The van der Waals surface area contributed by atoms with Crippen molar-refractivity contribution in [2.45, 2.75) is 45.6 Å². The number of amides is 1. The number of carbonyl (C=O) groups excluding carboxylic acids is 1. The van der Waals surface area contributed by atoms with Crippen molar-refractivity contribution in [3.8, 4) is 5.69 Å². The fourth-order valence-corrected chi connectivity index (χ4v) is 2.53. The molecule has 0 saturated heterocycles. The molecule has 24 heavy (non-hydrogen) atoms. The zero-order chi connectivity index (χ0) is 17.5. The summed E-state index contributed by atoms with van der Waals surface area (Å²) < 4.78 is 1.64. The van der Waals surface area contributed by atoms with Crippen LogP contribution in [0.15, 0.2) is 18.2 Å². The molecule has 1 atom stereocenters. The molecule has 0 radical (unpaired) electrons. The van der Waals surface area contributed by atoms with Crippen molar-refractivity contribution in [2.24, 2.45) is 11.1 Å². The highest BCUT2D eigenvalue weighted by Gasteiger charge is 2.31. The molecule has 0 bridgehead atoms. The number of aromatic nitrogens is 4. The van der Waals surface area contributed by atoms with Gasteiger partial charge in [0.15, 0.2) is 5.82 Å². The first-order valence-electron chi connectivity index (χ1n) is 7.92. The Morgan fingerprint density at radius 2 is 2.12 bits per heavy atom. The highest BCUT2D eigenvalue weighted by molar-refractivity contribution is 6.32. The molecule has 0 spiro atoms. The predicted octanol–water partition coefficient (Wildman–Crippen LogP) is 2.51. The second kappa shape index (κ2) is 6.14. The van der Waals surface area contributed by atoms with Crippen LogP contribution in [-0.4, -0.2) is 32.2 Å². The molecule has 1 aliphatic carbocycles. The lowest BCUT2D eigenvalue weighted by atomic mass is 9.87. The first kappa shape index (κ1) is 16.9. The molecular formula is C16H21ClN6O. The Morgan fingerprint density at radius 1 is 1.42 bits per heavy atom. The summed E-state index contributed by atoms with van der Waals surface area (Å²) in [5.41, 5.74) is 6.93. The van der Waals surface area contributed by atoms with Crippen LogP contribution in [-0.2, 0) is 4.79 Å². The normalized spacial score (nSPS) is 16.0. The van der Waals surface area contributed by atoms with Crippen molar-refractivity contribution in [2.75, 3.05) is 5.32 Å². The van der Waals surface area contributed by atoms with Crippen molar-refractivity contribution in [3.63, 3.8) is 0 Å². The van der Waals surface area contributed by atoms with E-state index in [9.17, 15) is 4.79 Å². The molecule has 0 unspecified atom stereocenters. The highest BCUT2D eigenvalue weighted by Crippen LogP contribution is 2.40. The molecule has 1 fully saturated rings. The molecule has 3 rings (SSSR count). The van der Waals surface area contributed by atoms with Gasteiger partial charge in [0.1, 0.15) is 0 Å². The molecule has 1 aromatic heterocycles. The highest BCUT2D eigenvalue weighted by atomic mass is 35.5. The lowest BCUT2D eigenvalue weighted by Crippen LogP contribution is -2.45. The molecule has 1 amide bonds. The Bertz CT molecular complexity index is 762. The van der Waals surface area contributed by atoms with E-state index in [1.165, 1.54) is 0 Å². The van der Waals surface area contributed by atoms with E-state index >= 15 is 0 Å². The van der Waals surface area contributed by atoms with Crippen LogP contribution in [0.3, 0.4) is 0 Å². The third-order valence-corrected chi connectivity index (χ3v) is 4.41. The largest absolute Gasteiger partial charge is 0.325 e. The number of rotatable bonds is 4. The fourth-order valence-electron chi connectivity index (χ4n) is 2.33. The topological polar surface area (TPSA) is 98.7 Å². The molecule has 8 heteroatoms. The van der Waals surface area contributed by atoms with Gasteiger partial charge in [-0.3, -0.25) is 4.79 Å². The van der Waals surface area contributed by atoms with Crippen LogP contribution in [0, 0.1) is 5.41 Å². The van der Waals surface area contributed by atoms with E-state index < -0.39 is 6.04 Å². The number of nitrogens with zero attached hydrogens (tertiary/aromatic N) is 4. The third kappa shape index (κ3) is 3.42. The van der Waals surface area contributed by atoms with E-state index in [1.807, 2.05) is 20.8 Å². The van der Waals surface area contributed by atoms with Crippen molar-refractivity contribution >= 4 is 23.2 Å². The van der Waals surface area contributed by atoms with Gasteiger partial charge in [-0.1, -0.05) is 32.4 Å². The first-order chi connectivity index (χ1) is 11.3. The van der Waals surface area contributed by atoms with Crippen LogP contribution < -0.4 is 11.1 Å². The van der Waals surface area contributed by atoms with Gasteiger partial charge in [-0.05, 0) is 46.9 Å². The molecular weight excluding hydrogens is 328 g/mol. The quantitative estimate of drug-likeness (QED) is 0.884. The van der Waals surface area contributed by atoms with E-state index in [-0.39, 0.29) is 11.3 Å². The maximum atomic E-state index is 12.3. The first-order valence-corrected chi connectivity index (χ1v) is 8.30. The minimum absolute atomic E-state index is 0.241. The second-order valence-electron chi connectivity index (χ2n) is 7.22. The van der Waals surface area contributed by atoms with Gasteiger partial charge in [-0.25, -0.2) is 0 Å². The number of anilines is 1. The standard InChI is InChI=1S/C16H21ClN6O/c1-16(2,3)13(18)15(24)19-10-6-7-11(17)12(8-10)23-14(9-4-5-9)20-21-22-23/h6-9,13H,4-5,18H2,1-3H3,(H,19,24)/t13-/m1/s1. The van der Waals surface area contributed by atoms with Gasteiger partial charge in [0.2, 0.25) is 5.91 Å². The van der Waals surface area contributed by atoms with Gasteiger partial charge in [0.25, 0.3) is 0 Å². The monoisotopic (exact) mass is 348 g/mol. The maximum absolute atomic E-state index is 12.3. The molecule has 7 nitrogen and oxygen atoms in total. The second-order valence-corrected chi connectivity index (χ2v) is 7.63. The van der Waals surface area contributed by atoms with Crippen LogP contribution in [0.4, 0.5) is 5.69 Å². The van der Waals surface area contributed by atoms with Crippen LogP contribution in [0.1, 0.15) is 45.4 Å². The summed E-state index contributed by atoms with van der Waals surface area (Å²) in [5, 5.41) is 15.2. The molecule has 1 heterocycles. The lowest BCUT2D eigenvalue weighted by Gasteiger charge is -2.25. The van der Waals surface area contributed by atoms with Gasteiger partial charge < -0.3 is 11.1 Å². The number of halogens is 1. The van der Waals surface area contributed by atoms with Gasteiger partial charge in [0, 0.05) is 11.6 Å². The Kier molecular flexibility index (Phi) is 4.31. The Morgan fingerprint density at radius 3 is 2.75 bits per heavy atom. The molecule has 2 aromatic rings. The van der Waals surface area contributed by atoms with Gasteiger partial charge in [-0.15, -0.1) is 5.10 Å². The average Bonchev–Trinajstić information content (AvgIpc) is 3.25. The summed E-state index contributed by atoms with van der Waals surface area (Å²) in [6.07, 6.45) is 2.16. The smallest absolute Gasteiger partial charge is 0.241 e. The summed E-state index contributed by atoms with van der Waals surface area (Å²) in [6.45, 7) is 5.77. The van der Waals surface area contributed by atoms with E-state index in [2.05, 4.69) is 20.8 Å². The number of carbonyl (C=O) groups is 1. The minimum atomic E-state index is -0.619. The molecule has 1 saturated carbocycles. The summed E-state index contributed by atoms with van der Waals surface area (Å²) in [5.74, 6) is 0.935. The number of hydrogen-bond acceptors (Lipinski definition) is 5. The molecule has 3 N–H and O–H groups in total. The van der Waals surface area contributed by atoms with Crippen molar-refractivity contribution in [1.82, 2.24) is 20.2 Å². The summed E-state index contributed by atoms with van der Waals surface area (Å²) >= 11 is 6.30. The molecule has 128 valence electrons. The summed E-state index contributed by atoms with van der Waals surface area (Å²) in [6, 6.07) is 4.60. The fraction of sp³-hybridized carbons (Fsp3) is 0.500. The van der Waals surface area contributed by atoms with E-state index in [0.717, 1.165) is 18.7 Å². The van der Waals surface area contributed by atoms with Crippen LogP contribution >= 0.6 is 11.6 Å². The Balaban J connectivity index is 1.87. The van der Waals surface area contributed by atoms with Crippen LogP contribution in [0.25, 0.3) is 5.69 Å². The maximum Gasteiger partial charge on any atom is 0.241 e. The number of benzene rings is 1. The average molecular weight is 349 g/mol. The van der Waals surface area contributed by atoms with Gasteiger partial charge in [0.05, 0.1) is 16.8 Å². The van der Waals surface area contributed by atoms with Gasteiger partial charge in [-0.2, -0.15) is 4.68 Å². The van der Waals surface area contributed by atoms with Crippen molar-refractivity contribution in [3.05, 3.63) is 29.0 Å². The zero-order valence-corrected chi connectivity index (χ0v) is 14.7. The van der Waals surface area contributed by atoms with Crippen molar-refractivity contribution < 1.29 is 4.79 Å². The van der Waals surface area contributed by atoms with Gasteiger partial charge >= 0.3 is 0 Å². The molecule has 1 aliphatic rings. The van der Waals surface area contributed by atoms with Crippen molar-refractivity contribution in [1.29, 1.82) is 0 Å². The summed E-state index contributed by atoms with van der Waals surface area (Å²) in [7, 11) is 0. The lowest BCUT2D eigenvalue weighted by molar-refractivity contribution is -0.119. The number of hydrogen-bond donors (Lipinski definition) is 2. The Labute approximate surface area is 145 Å². The number of nitrogens with one attached hydrogen (secondary N) is 1.